The lowest BCUT2D eigenvalue weighted by Crippen LogP contribution is -2.44. The fourth-order valence-corrected chi connectivity index (χ4v) is 3.90. The third-order valence-corrected chi connectivity index (χ3v) is 5.80. The van der Waals surface area contributed by atoms with E-state index in [0.717, 1.165) is 6.42 Å². The van der Waals surface area contributed by atoms with E-state index in [1.54, 1.807) is 6.26 Å². The molecule has 2 aromatic heterocycles. The smallest absolute Gasteiger partial charge is 0.233 e. The predicted octanol–water partition coefficient (Wildman–Crippen LogP) is 3.25. The number of aromatic nitrogens is 3. The van der Waals surface area contributed by atoms with Gasteiger partial charge in [-0.1, -0.05) is 31.5 Å². The number of hydrogen-bond acceptors (Lipinski definition) is 5. The van der Waals surface area contributed by atoms with E-state index in [9.17, 15) is 4.79 Å². The molecule has 2 heterocycles. The number of rotatable bonds is 5. The van der Waals surface area contributed by atoms with E-state index in [1.165, 1.54) is 31.0 Å². The Bertz CT molecular complexity index is 683. The fraction of sp³-hybridized carbons (Fsp3) is 0.588. The van der Waals surface area contributed by atoms with Crippen molar-refractivity contribution >= 4 is 17.7 Å². The molecule has 0 saturated heterocycles. The van der Waals surface area contributed by atoms with Gasteiger partial charge >= 0.3 is 0 Å². The van der Waals surface area contributed by atoms with Gasteiger partial charge in [0.15, 0.2) is 16.7 Å². The van der Waals surface area contributed by atoms with Crippen molar-refractivity contribution in [3.05, 3.63) is 18.4 Å². The van der Waals surface area contributed by atoms with Crippen molar-refractivity contribution in [3.63, 3.8) is 0 Å². The molecule has 1 amide bonds. The Labute approximate surface area is 146 Å². The molecule has 1 fully saturated rings. The van der Waals surface area contributed by atoms with E-state index in [-0.39, 0.29) is 11.2 Å². The van der Waals surface area contributed by atoms with Crippen molar-refractivity contribution < 1.29 is 9.21 Å². The monoisotopic (exact) mass is 348 g/mol. The summed E-state index contributed by atoms with van der Waals surface area (Å²) in [4.78, 5) is 12.5. The van der Waals surface area contributed by atoms with Gasteiger partial charge < -0.3 is 14.3 Å². The molecule has 0 spiro atoms. The van der Waals surface area contributed by atoms with Gasteiger partial charge in [0, 0.05) is 13.1 Å². The minimum atomic E-state index is -0.216. The van der Waals surface area contributed by atoms with Crippen molar-refractivity contribution in [2.45, 2.75) is 56.0 Å². The molecule has 24 heavy (non-hydrogen) atoms. The number of thioether (sulfide) groups is 1. The second-order valence-electron chi connectivity index (χ2n) is 6.48. The van der Waals surface area contributed by atoms with Crippen molar-refractivity contribution in [3.8, 4) is 11.6 Å². The van der Waals surface area contributed by atoms with Gasteiger partial charge in [-0.15, -0.1) is 10.2 Å². The molecule has 1 saturated carbocycles. The van der Waals surface area contributed by atoms with Gasteiger partial charge in [-0.2, -0.15) is 0 Å². The molecule has 0 unspecified atom stereocenters. The quantitative estimate of drug-likeness (QED) is 0.840. The molecule has 1 N–H and O–H groups in total. The van der Waals surface area contributed by atoms with Crippen LogP contribution in [0.2, 0.25) is 0 Å². The summed E-state index contributed by atoms with van der Waals surface area (Å²) < 4.78 is 7.22. The molecule has 7 heteroatoms. The molecule has 6 nitrogen and oxygen atoms in total. The first-order valence-corrected chi connectivity index (χ1v) is 9.34. The summed E-state index contributed by atoms with van der Waals surface area (Å²) in [7, 11) is 1.88. The van der Waals surface area contributed by atoms with Crippen molar-refractivity contribution in [2.24, 2.45) is 13.0 Å². The van der Waals surface area contributed by atoms with Crippen LogP contribution in [0.3, 0.4) is 0 Å². The number of hydrogen-bond donors (Lipinski definition) is 1. The summed E-state index contributed by atoms with van der Waals surface area (Å²) in [5, 5.41) is 12.1. The van der Waals surface area contributed by atoms with Crippen LogP contribution in [0, 0.1) is 5.92 Å². The lowest BCUT2D eigenvalue weighted by Gasteiger charge is -2.30. The Balaban J connectivity index is 1.62. The maximum Gasteiger partial charge on any atom is 0.233 e. The third-order valence-electron chi connectivity index (χ3n) is 4.67. The zero-order chi connectivity index (χ0) is 17.1. The van der Waals surface area contributed by atoms with Crippen LogP contribution in [-0.2, 0) is 11.8 Å². The van der Waals surface area contributed by atoms with Gasteiger partial charge in [0.05, 0.1) is 11.5 Å². The number of carbonyl (C=O) groups excluding carboxylic acids is 1. The Morgan fingerprint density at radius 1 is 1.42 bits per heavy atom. The van der Waals surface area contributed by atoms with E-state index < -0.39 is 0 Å². The fourth-order valence-electron chi connectivity index (χ4n) is 3.08. The molecule has 0 radical (unpaired) electrons. The molecule has 3 rings (SSSR count). The Morgan fingerprint density at radius 3 is 2.92 bits per heavy atom. The van der Waals surface area contributed by atoms with Crippen LogP contribution < -0.4 is 5.32 Å². The Hall–Kier alpha value is -1.76. The normalized spacial score (nSPS) is 22.3. The van der Waals surface area contributed by atoms with Crippen molar-refractivity contribution in [1.29, 1.82) is 0 Å². The van der Waals surface area contributed by atoms with Gasteiger partial charge in [-0.25, -0.2) is 0 Å². The van der Waals surface area contributed by atoms with Crippen LogP contribution in [0.25, 0.3) is 11.6 Å². The highest BCUT2D eigenvalue weighted by Crippen LogP contribution is 2.27. The first kappa shape index (κ1) is 17.1. The molecular formula is C17H24N4O2S. The van der Waals surface area contributed by atoms with Crippen LogP contribution in [0.15, 0.2) is 28.0 Å². The Kier molecular flexibility index (Phi) is 5.28. The number of carbonyl (C=O) groups is 1. The first-order valence-electron chi connectivity index (χ1n) is 8.46. The molecular weight excluding hydrogens is 324 g/mol. The molecule has 2 aromatic rings. The van der Waals surface area contributed by atoms with E-state index >= 15 is 0 Å². The zero-order valence-corrected chi connectivity index (χ0v) is 15.2. The largest absolute Gasteiger partial charge is 0.461 e. The summed E-state index contributed by atoms with van der Waals surface area (Å²) in [6.45, 7) is 4.13. The maximum absolute atomic E-state index is 12.5. The van der Waals surface area contributed by atoms with Crippen LogP contribution in [0.5, 0.6) is 0 Å². The SMILES string of the molecule is C[C@@H]1CCCC[C@H]1NC(=O)[C@@H](C)Sc1nnc(-c2ccco2)n1C. The molecule has 1 aliphatic rings. The summed E-state index contributed by atoms with van der Waals surface area (Å²) >= 11 is 1.42. The van der Waals surface area contributed by atoms with Crippen LogP contribution in [0.4, 0.5) is 0 Å². The predicted molar refractivity (Wildman–Crippen MR) is 93.6 cm³/mol. The first-order chi connectivity index (χ1) is 11.6. The second kappa shape index (κ2) is 7.42. The Morgan fingerprint density at radius 2 is 2.21 bits per heavy atom. The zero-order valence-electron chi connectivity index (χ0n) is 14.4. The van der Waals surface area contributed by atoms with Crippen molar-refractivity contribution in [2.75, 3.05) is 0 Å². The van der Waals surface area contributed by atoms with Crippen LogP contribution in [0.1, 0.15) is 39.5 Å². The molecule has 3 atom stereocenters. The molecule has 1 aliphatic carbocycles. The molecule has 0 bridgehead atoms. The van der Waals surface area contributed by atoms with Gasteiger partial charge in [0.1, 0.15) is 0 Å². The van der Waals surface area contributed by atoms with E-state index in [0.29, 0.717) is 28.7 Å². The van der Waals surface area contributed by atoms with Gasteiger partial charge in [0.25, 0.3) is 0 Å². The maximum atomic E-state index is 12.5. The number of nitrogens with zero attached hydrogens (tertiary/aromatic N) is 3. The highest BCUT2D eigenvalue weighted by atomic mass is 32.2. The average molecular weight is 348 g/mol. The molecule has 130 valence electrons. The van der Waals surface area contributed by atoms with Crippen LogP contribution in [-0.4, -0.2) is 32.0 Å². The number of furan rings is 1. The lowest BCUT2D eigenvalue weighted by molar-refractivity contribution is -0.121. The number of nitrogens with one attached hydrogen (secondary N) is 1. The van der Waals surface area contributed by atoms with E-state index in [4.69, 9.17) is 4.42 Å². The molecule has 0 aromatic carbocycles. The standard InChI is InChI=1S/C17H24N4O2S/c1-11-7-4-5-8-13(11)18-16(22)12(2)24-17-20-19-15(21(17)3)14-9-6-10-23-14/h6,9-13H,4-5,7-8H2,1-3H3,(H,18,22)/t11-,12-,13-/m1/s1. The summed E-state index contributed by atoms with van der Waals surface area (Å²) in [5.74, 6) is 1.96. The highest BCUT2D eigenvalue weighted by Gasteiger charge is 2.26. The van der Waals surface area contributed by atoms with Gasteiger partial charge in [0.2, 0.25) is 5.91 Å². The van der Waals surface area contributed by atoms with Crippen LogP contribution >= 0.6 is 11.8 Å². The second-order valence-corrected chi connectivity index (χ2v) is 7.79. The topological polar surface area (TPSA) is 73.0 Å². The van der Waals surface area contributed by atoms with Gasteiger partial charge in [-0.05, 0) is 37.8 Å². The molecule has 0 aliphatic heterocycles. The minimum absolute atomic E-state index is 0.0706. The van der Waals surface area contributed by atoms with E-state index in [1.807, 2.05) is 30.7 Å². The highest BCUT2D eigenvalue weighted by molar-refractivity contribution is 8.00. The minimum Gasteiger partial charge on any atom is -0.461 e. The van der Waals surface area contributed by atoms with Gasteiger partial charge in [-0.3, -0.25) is 4.79 Å². The lowest BCUT2D eigenvalue weighted by atomic mass is 9.86. The van der Waals surface area contributed by atoms with E-state index in [2.05, 4.69) is 22.4 Å². The summed E-state index contributed by atoms with van der Waals surface area (Å²) in [6.07, 6.45) is 6.36. The number of amides is 1. The van der Waals surface area contributed by atoms with Crippen molar-refractivity contribution in [1.82, 2.24) is 20.1 Å². The summed E-state index contributed by atoms with van der Waals surface area (Å²) in [6, 6.07) is 3.96. The third kappa shape index (κ3) is 3.66. The average Bonchev–Trinajstić information content (AvgIpc) is 3.20. The summed E-state index contributed by atoms with van der Waals surface area (Å²) in [5.41, 5.74) is 0.